The highest BCUT2D eigenvalue weighted by Crippen LogP contribution is 2.35. The highest BCUT2D eigenvalue weighted by Gasteiger charge is 2.29. The molecular formula is C11H16N2O2S. The van der Waals surface area contributed by atoms with Gasteiger partial charge in [0, 0.05) is 11.8 Å². The molecule has 1 unspecified atom stereocenters. The third kappa shape index (κ3) is 2.10. The van der Waals surface area contributed by atoms with Crippen molar-refractivity contribution in [2.24, 2.45) is 0 Å². The van der Waals surface area contributed by atoms with Gasteiger partial charge in [-0.1, -0.05) is 25.3 Å². The molecule has 0 aromatic carbocycles. The van der Waals surface area contributed by atoms with Gasteiger partial charge in [0.25, 0.3) is 0 Å². The molecule has 0 saturated carbocycles. The zero-order valence-corrected chi connectivity index (χ0v) is 10.5. The second-order valence-corrected chi connectivity index (χ2v) is 5.67. The van der Waals surface area contributed by atoms with Crippen molar-refractivity contribution in [3.63, 3.8) is 0 Å². The summed E-state index contributed by atoms with van der Waals surface area (Å²) >= 11 is 1.24. The van der Waals surface area contributed by atoms with Crippen molar-refractivity contribution in [3.8, 4) is 0 Å². The topological polar surface area (TPSA) is 55.2 Å². The minimum absolute atomic E-state index is 0.109. The molecule has 1 N–H and O–H groups in total. The van der Waals surface area contributed by atoms with Crippen LogP contribution in [0.5, 0.6) is 0 Å². The fourth-order valence-electron chi connectivity index (χ4n) is 1.65. The van der Waals surface area contributed by atoms with Gasteiger partial charge >= 0.3 is 0 Å². The molecule has 1 aliphatic rings. The summed E-state index contributed by atoms with van der Waals surface area (Å²) in [7, 11) is 0. The van der Waals surface area contributed by atoms with Gasteiger partial charge in [-0.25, -0.2) is 0 Å². The molecule has 0 saturated heterocycles. The number of hydrogen-bond donors (Lipinski definition) is 1. The van der Waals surface area contributed by atoms with Crippen LogP contribution in [0.25, 0.3) is 0 Å². The van der Waals surface area contributed by atoms with Crippen LogP contribution >= 0.6 is 11.5 Å². The second kappa shape index (κ2) is 4.14. The van der Waals surface area contributed by atoms with Gasteiger partial charge in [0.05, 0.1) is 17.2 Å². The predicted octanol–water partition coefficient (Wildman–Crippen LogP) is 2.17. The maximum absolute atomic E-state index is 10.2. The highest BCUT2D eigenvalue weighted by atomic mass is 32.1. The minimum Gasteiger partial charge on any atom is -0.495 e. The van der Waals surface area contributed by atoms with E-state index >= 15 is 0 Å². The van der Waals surface area contributed by atoms with Gasteiger partial charge < -0.3 is 9.84 Å². The van der Waals surface area contributed by atoms with Crippen LogP contribution in [0.15, 0.2) is 11.8 Å². The molecule has 1 atom stereocenters. The first-order valence-corrected chi connectivity index (χ1v) is 6.11. The molecule has 0 aliphatic carbocycles. The van der Waals surface area contributed by atoms with E-state index in [9.17, 15) is 5.11 Å². The van der Waals surface area contributed by atoms with Crippen molar-refractivity contribution < 1.29 is 9.84 Å². The molecular weight excluding hydrogens is 224 g/mol. The summed E-state index contributed by atoms with van der Waals surface area (Å²) in [6.07, 6.45) is 2.08. The van der Waals surface area contributed by atoms with E-state index in [1.807, 2.05) is 6.08 Å². The molecule has 5 heteroatoms. The number of nitrogens with zero attached hydrogens (tertiary/aromatic N) is 2. The highest BCUT2D eigenvalue weighted by molar-refractivity contribution is 7.05. The summed E-state index contributed by atoms with van der Waals surface area (Å²) in [5.74, 6) is 0.636. The van der Waals surface area contributed by atoms with E-state index in [1.165, 1.54) is 11.5 Å². The van der Waals surface area contributed by atoms with Crippen molar-refractivity contribution in [3.05, 3.63) is 22.4 Å². The SMILES string of the molecule is CC(C)(C)c1nnsc1C(O)C1=CCCO1. The van der Waals surface area contributed by atoms with E-state index in [0.29, 0.717) is 12.4 Å². The van der Waals surface area contributed by atoms with Gasteiger partial charge in [-0.3, -0.25) is 0 Å². The smallest absolute Gasteiger partial charge is 0.148 e. The van der Waals surface area contributed by atoms with Crippen LogP contribution in [0.2, 0.25) is 0 Å². The summed E-state index contributed by atoms with van der Waals surface area (Å²) in [4.78, 5) is 0.792. The monoisotopic (exact) mass is 240 g/mol. The van der Waals surface area contributed by atoms with Gasteiger partial charge in [-0.2, -0.15) is 0 Å². The molecule has 2 heterocycles. The molecule has 0 radical (unpaired) electrons. The maximum atomic E-state index is 10.2. The van der Waals surface area contributed by atoms with Crippen LogP contribution in [-0.4, -0.2) is 21.3 Å². The number of aromatic nitrogens is 2. The average molecular weight is 240 g/mol. The lowest BCUT2D eigenvalue weighted by Crippen LogP contribution is -2.16. The van der Waals surface area contributed by atoms with Crippen LogP contribution < -0.4 is 0 Å². The van der Waals surface area contributed by atoms with E-state index in [-0.39, 0.29) is 5.41 Å². The van der Waals surface area contributed by atoms with E-state index in [2.05, 4.69) is 30.4 Å². The lowest BCUT2D eigenvalue weighted by Gasteiger charge is -2.19. The zero-order chi connectivity index (χ0) is 11.8. The molecule has 2 rings (SSSR count). The molecule has 16 heavy (non-hydrogen) atoms. The van der Waals surface area contributed by atoms with Gasteiger partial charge in [0.15, 0.2) is 0 Å². The van der Waals surface area contributed by atoms with Crippen molar-refractivity contribution in [2.45, 2.75) is 38.7 Å². The van der Waals surface area contributed by atoms with Crippen LogP contribution in [0.1, 0.15) is 43.9 Å². The number of aliphatic hydroxyl groups excluding tert-OH is 1. The first-order chi connectivity index (χ1) is 7.50. The fraction of sp³-hybridized carbons (Fsp3) is 0.636. The Morgan fingerprint density at radius 3 is 2.81 bits per heavy atom. The first kappa shape index (κ1) is 11.5. The predicted molar refractivity (Wildman–Crippen MR) is 62.2 cm³/mol. The standard InChI is InChI=1S/C11H16N2O2S/c1-11(2,3)10-9(16-13-12-10)8(14)7-5-4-6-15-7/h5,8,14H,4,6H2,1-3H3. The van der Waals surface area contributed by atoms with Crippen molar-refractivity contribution in [1.29, 1.82) is 0 Å². The fourth-order valence-corrected chi connectivity index (χ4v) is 2.51. The van der Waals surface area contributed by atoms with Gasteiger partial charge in [0.2, 0.25) is 0 Å². The van der Waals surface area contributed by atoms with Gasteiger partial charge in [0.1, 0.15) is 11.9 Å². The van der Waals surface area contributed by atoms with Crippen molar-refractivity contribution in [2.75, 3.05) is 6.61 Å². The zero-order valence-electron chi connectivity index (χ0n) is 9.73. The molecule has 1 aromatic heterocycles. The number of ether oxygens (including phenoxy) is 1. The quantitative estimate of drug-likeness (QED) is 0.860. The summed E-state index contributed by atoms with van der Waals surface area (Å²) in [5, 5.41) is 14.3. The van der Waals surface area contributed by atoms with Crippen molar-refractivity contribution in [1.82, 2.24) is 9.59 Å². The Kier molecular flexibility index (Phi) is 2.99. The summed E-state index contributed by atoms with van der Waals surface area (Å²) in [5.41, 5.74) is 0.740. The van der Waals surface area contributed by atoms with Crippen molar-refractivity contribution >= 4 is 11.5 Å². The average Bonchev–Trinajstić information content (AvgIpc) is 2.87. The minimum atomic E-state index is -0.711. The molecule has 0 fully saturated rings. The largest absolute Gasteiger partial charge is 0.495 e. The first-order valence-electron chi connectivity index (χ1n) is 5.34. The van der Waals surface area contributed by atoms with Gasteiger partial charge in [-0.15, -0.1) is 5.10 Å². The summed E-state index contributed by atoms with van der Waals surface area (Å²) in [6, 6.07) is 0. The second-order valence-electron chi connectivity index (χ2n) is 4.88. The summed E-state index contributed by atoms with van der Waals surface area (Å²) in [6.45, 7) is 6.83. The molecule has 1 aromatic rings. The van der Waals surface area contributed by atoms with Crippen LogP contribution in [0, 0.1) is 0 Å². The van der Waals surface area contributed by atoms with E-state index < -0.39 is 6.10 Å². The molecule has 0 bridgehead atoms. The lowest BCUT2D eigenvalue weighted by molar-refractivity contribution is 0.120. The normalized spacial score (nSPS) is 18.1. The van der Waals surface area contributed by atoms with E-state index in [4.69, 9.17) is 4.74 Å². The Balaban J connectivity index is 2.30. The van der Waals surface area contributed by atoms with E-state index in [0.717, 1.165) is 17.0 Å². The third-order valence-corrected chi connectivity index (χ3v) is 3.25. The van der Waals surface area contributed by atoms with E-state index in [1.54, 1.807) is 0 Å². The number of hydrogen-bond acceptors (Lipinski definition) is 5. The molecule has 88 valence electrons. The Labute approximate surface area is 99.1 Å². The number of rotatable bonds is 2. The maximum Gasteiger partial charge on any atom is 0.148 e. The molecule has 0 amide bonds. The van der Waals surface area contributed by atoms with Crippen LogP contribution in [0.3, 0.4) is 0 Å². The van der Waals surface area contributed by atoms with Gasteiger partial charge in [-0.05, 0) is 17.6 Å². The molecule has 4 nitrogen and oxygen atoms in total. The molecule has 1 aliphatic heterocycles. The summed E-state index contributed by atoms with van der Waals surface area (Å²) < 4.78 is 9.30. The lowest BCUT2D eigenvalue weighted by atomic mass is 9.90. The van der Waals surface area contributed by atoms with Crippen LogP contribution in [0.4, 0.5) is 0 Å². The molecule has 0 spiro atoms. The Morgan fingerprint density at radius 2 is 2.25 bits per heavy atom. The van der Waals surface area contributed by atoms with Crippen LogP contribution in [-0.2, 0) is 10.2 Å². The number of aliphatic hydroxyl groups is 1. The Hall–Kier alpha value is -0.940. The third-order valence-electron chi connectivity index (χ3n) is 2.47. The Bertz CT molecular complexity index is 406. The Morgan fingerprint density at radius 1 is 1.50 bits per heavy atom.